The number of benzene rings is 1. The second-order valence-corrected chi connectivity index (χ2v) is 9.48. The van der Waals surface area contributed by atoms with Crippen molar-refractivity contribution >= 4 is 39.8 Å². The van der Waals surface area contributed by atoms with Crippen LogP contribution in [0, 0.1) is 18.2 Å². The Morgan fingerprint density at radius 2 is 1.92 bits per heavy atom. The van der Waals surface area contributed by atoms with E-state index in [9.17, 15) is 12.8 Å². The molecular weight excluding hydrogens is 468 g/mol. The summed E-state index contributed by atoms with van der Waals surface area (Å²) in [5.41, 5.74) is 1.87. The van der Waals surface area contributed by atoms with E-state index in [0.717, 1.165) is 17.5 Å². The fourth-order valence-corrected chi connectivity index (χ4v) is 3.27. The lowest BCUT2D eigenvalue weighted by atomic mass is 9.90. The Labute approximate surface area is 174 Å². The Morgan fingerprint density at radius 1 is 1.27 bits per heavy atom. The van der Waals surface area contributed by atoms with Crippen molar-refractivity contribution in [3.05, 3.63) is 35.1 Å². The van der Waals surface area contributed by atoms with Crippen LogP contribution in [-0.2, 0) is 16.3 Å². The van der Waals surface area contributed by atoms with Gasteiger partial charge in [0.1, 0.15) is 15.7 Å². The molecule has 1 aromatic carbocycles. The quantitative estimate of drug-likeness (QED) is 0.328. The Balaban J connectivity index is 0.00000625. The summed E-state index contributed by atoms with van der Waals surface area (Å²) in [5, 5.41) is 6.47. The highest BCUT2D eigenvalue weighted by molar-refractivity contribution is 14.0. The third kappa shape index (κ3) is 10.3. The summed E-state index contributed by atoms with van der Waals surface area (Å²) in [6, 6.07) is 4.81. The molecular formula is C18H31FIN3O2S. The van der Waals surface area contributed by atoms with Gasteiger partial charge in [-0.15, -0.1) is 24.0 Å². The first-order valence-electron chi connectivity index (χ1n) is 8.40. The van der Waals surface area contributed by atoms with E-state index in [-0.39, 0.29) is 41.0 Å². The molecule has 0 heterocycles. The summed E-state index contributed by atoms with van der Waals surface area (Å²) >= 11 is 0. The van der Waals surface area contributed by atoms with Crippen molar-refractivity contribution < 1.29 is 12.8 Å². The van der Waals surface area contributed by atoms with Crippen molar-refractivity contribution in [2.24, 2.45) is 10.4 Å². The monoisotopic (exact) mass is 499 g/mol. The molecule has 0 aliphatic carbocycles. The van der Waals surface area contributed by atoms with Gasteiger partial charge in [-0.1, -0.05) is 19.9 Å². The molecule has 0 atom stereocenters. The molecule has 150 valence electrons. The van der Waals surface area contributed by atoms with Crippen LogP contribution in [0.15, 0.2) is 23.2 Å². The minimum atomic E-state index is -2.95. The van der Waals surface area contributed by atoms with Gasteiger partial charge in [0.25, 0.3) is 0 Å². The number of hydrogen-bond donors (Lipinski definition) is 2. The van der Waals surface area contributed by atoms with Crippen molar-refractivity contribution in [1.82, 2.24) is 10.6 Å². The highest BCUT2D eigenvalue weighted by Gasteiger charge is 2.20. The van der Waals surface area contributed by atoms with Crippen molar-refractivity contribution in [2.45, 2.75) is 33.6 Å². The van der Waals surface area contributed by atoms with Crippen molar-refractivity contribution in [3.63, 3.8) is 0 Å². The molecule has 0 aliphatic heterocycles. The Kier molecular flexibility index (Phi) is 10.7. The number of halogens is 2. The van der Waals surface area contributed by atoms with Crippen LogP contribution in [0.3, 0.4) is 0 Å². The van der Waals surface area contributed by atoms with Gasteiger partial charge >= 0.3 is 0 Å². The van der Waals surface area contributed by atoms with Gasteiger partial charge in [-0.05, 0) is 48.4 Å². The summed E-state index contributed by atoms with van der Waals surface area (Å²) in [6.45, 7) is 7.25. The summed E-state index contributed by atoms with van der Waals surface area (Å²) in [5.74, 6) is 0.632. The Bertz CT molecular complexity index is 706. The van der Waals surface area contributed by atoms with Gasteiger partial charge < -0.3 is 10.6 Å². The van der Waals surface area contributed by atoms with Crippen LogP contribution in [0.2, 0.25) is 0 Å². The molecule has 0 spiro atoms. The molecule has 8 heteroatoms. The first-order valence-corrected chi connectivity index (χ1v) is 10.5. The van der Waals surface area contributed by atoms with Crippen molar-refractivity contribution in [2.75, 3.05) is 32.1 Å². The fourth-order valence-electron chi connectivity index (χ4n) is 2.35. The smallest absolute Gasteiger partial charge is 0.191 e. The average molecular weight is 499 g/mol. The molecule has 0 fully saturated rings. The SMILES string of the molecule is CN=C(NCCc1ccc(F)cc1C)NCC(C)(C)CCS(C)(=O)=O.I. The summed E-state index contributed by atoms with van der Waals surface area (Å²) < 4.78 is 35.8. The number of rotatable bonds is 8. The number of guanidine groups is 1. The normalized spacial score (nSPS) is 12.5. The number of aliphatic imine (C=N–C) groups is 1. The molecule has 1 aromatic rings. The molecule has 0 aromatic heterocycles. The van der Waals surface area contributed by atoms with E-state index >= 15 is 0 Å². The minimum Gasteiger partial charge on any atom is -0.356 e. The number of hydrogen-bond acceptors (Lipinski definition) is 3. The average Bonchev–Trinajstić information content (AvgIpc) is 2.50. The van der Waals surface area contributed by atoms with E-state index in [1.165, 1.54) is 18.4 Å². The summed E-state index contributed by atoms with van der Waals surface area (Å²) in [7, 11) is -1.26. The molecule has 0 unspecified atom stereocenters. The zero-order valence-corrected chi connectivity index (χ0v) is 19.4. The van der Waals surface area contributed by atoms with Crippen molar-refractivity contribution in [3.8, 4) is 0 Å². The standard InChI is InChI=1S/C18H30FN3O2S.HI/c1-14-12-16(19)7-6-15(14)8-10-21-17(20-4)22-13-18(2,3)9-11-25(5,23)24;/h6-7,12H,8-11,13H2,1-5H3,(H2,20,21,22);1H. The van der Waals surface area contributed by atoms with E-state index in [4.69, 9.17) is 0 Å². The second-order valence-electron chi connectivity index (χ2n) is 7.22. The van der Waals surface area contributed by atoms with Gasteiger partial charge in [0.15, 0.2) is 5.96 Å². The van der Waals surface area contributed by atoms with Crippen LogP contribution in [-0.4, -0.2) is 46.5 Å². The number of aryl methyl sites for hydroxylation is 1. The summed E-state index contributed by atoms with van der Waals surface area (Å²) in [6.07, 6.45) is 2.61. The van der Waals surface area contributed by atoms with Gasteiger partial charge in [0.05, 0.1) is 5.75 Å². The van der Waals surface area contributed by atoms with Crippen LogP contribution < -0.4 is 10.6 Å². The first kappa shape index (κ1) is 25.1. The number of sulfone groups is 1. The van der Waals surface area contributed by atoms with Gasteiger partial charge in [0.2, 0.25) is 0 Å². The van der Waals surface area contributed by atoms with E-state index in [2.05, 4.69) is 15.6 Å². The van der Waals surface area contributed by atoms with Gasteiger partial charge in [-0.3, -0.25) is 4.99 Å². The molecule has 0 saturated heterocycles. The van der Waals surface area contributed by atoms with E-state index < -0.39 is 9.84 Å². The van der Waals surface area contributed by atoms with Gasteiger partial charge in [-0.2, -0.15) is 0 Å². The van der Waals surface area contributed by atoms with Gasteiger partial charge in [0, 0.05) is 26.4 Å². The first-order chi connectivity index (χ1) is 11.5. The molecule has 0 bridgehead atoms. The van der Waals surface area contributed by atoms with Crippen LogP contribution in [0.1, 0.15) is 31.4 Å². The molecule has 2 N–H and O–H groups in total. The van der Waals surface area contributed by atoms with E-state index in [1.54, 1.807) is 13.1 Å². The maximum absolute atomic E-state index is 13.1. The fraction of sp³-hybridized carbons (Fsp3) is 0.611. The van der Waals surface area contributed by atoms with Crippen LogP contribution in [0.4, 0.5) is 4.39 Å². The third-order valence-electron chi connectivity index (χ3n) is 4.10. The van der Waals surface area contributed by atoms with Crippen LogP contribution in [0.5, 0.6) is 0 Å². The van der Waals surface area contributed by atoms with Crippen molar-refractivity contribution in [1.29, 1.82) is 0 Å². The molecule has 0 radical (unpaired) electrons. The van der Waals surface area contributed by atoms with Crippen LogP contribution >= 0.6 is 24.0 Å². The zero-order valence-electron chi connectivity index (χ0n) is 16.2. The second kappa shape index (κ2) is 11.1. The molecule has 1 rings (SSSR count). The lowest BCUT2D eigenvalue weighted by molar-refractivity contribution is 0.348. The molecule has 0 amide bonds. The lowest BCUT2D eigenvalue weighted by Gasteiger charge is -2.25. The van der Waals surface area contributed by atoms with Crippen LogP contribution in [0.25, 0.3) is 0 Å². The number of nitrogens with zero attached hydrogens (tertiary/aromatic N) is 1. The molecule has 0 aliphatic rings. The highest BCUT2D eigenvalue weighted by atomic mass is 127. The minimum absolute atomic E-state index is 0. The number of nitrogens with one attached hydrogen (secondary N) is 2. The lowest BCUT2D eigenvalue weighted by Crippen LogP contribution is -2.43. The van der Waals surface area contributed by atoms with Gasteiger partial charge in [-0.25, -0.2) is 12.8 Å². The zero-order chi connectivity index (χ0) is 19.1. The largest absolute Gasteiger partial charge is 0.356 e. The topological polar surface area (TPSA) is 70.6 Å². The summed E-state index contributed by atoms with van der Waals surface area (Å²) in [4.78, 5) is 4.18. The Morgan fingerprint density at radius 3 is 2.46 bits per heavy atom. The molecule has 5 nitrogen and oxygen atoms in total. The molecule has 26 heavy (non-hydrogen) atoms. The molecule has 0 saturated carbocycles. The predicted molar refractivity (Wildman–Crippen MR) is 118 cm³/mol. The Hall–Kier alpha value is -0.900. The maximum Gasteiger partial charge on any atom is 0.191 e. The van der Waals surface area contributed by atoms with E-state index in [0.29, 0.717) is 25.5 Å². The highest BCUT2D eigenvalue weighted by Crippen LogP contribution is 2.19. The predicted octanol–water partition coefficient (Wildman–Crippen LogP) is 2.92. The third-order valence-corrected chi connectivity index (χ3v) is 5.04. The maximum atomic E-state index is 13.1. The van der Waals surface area contributed by atoms with E-state index in [1.807, 2.05) is 20.8 Å².